The van der Waals surface area contributed by atoms with Gasteiger partial charge in [0.25, 0.3) is 0 Å². The van der Waals surface area contributed by atoms with Crippen LogP contribution in [0, 0.1) is 18.7 Å². The second kappa shape index (κ2) is 7.05. The lowest BCUT2D eigenvalue weighted by Crippen LogP contribution is -2.19. The fourth-order valence-corrected chi connectivity index (χ4v) is 2.34. The number of rotatable bonds is 6. The summed E-state index contributed by atoms with van der Waals surface area (Å²) < 4.78 is 15.0. The average Bonchev–Trinajstić information content (AvgIpc) is 2.74. The second-order valence-corrected chi connectivity index (χ2v) is 6.12. The number of hydrogen-bond donors (Lipinski definition) is 1. The zero-order valence-corrected chi connectivity index (χ0v) is 13.4. The molecule has 2 aromatic rings. The zero-order valence-electron chi connectivity index (χ0n) is 12.7. The quantitative estimate of drug-likeness (QED) is 0.880. The highest BCUT2D eigenvalue weighted by Crippen LogP contribution is 2.17. The molecular weight excluding hydrogens is 289 g/mol. The molecule has 114 valence electrons. The van der Waals surface area contributed by atoms with Crippen LogP contribution in [-0.4, -0.2) is 16.3 Å². The van der Waals surface area contributed by atoms with Crippen LogP contribution in [0.1, 0.15) is 30.7 Å². The third-order valence-electron chi connectivity index (χ3n) is 3.24. The maximum atomic E-state index is 13.1. The van der Waals surface area contributed by atoms with E-state index >= 15 is 0 Å². The normalized spacial score (nSPS) is 11.3. The first-order chi connectivity index (χ1) is 9.95. The fourth-order valence-electron chi connectivity index (χ4n) is 2.13. The predicted octanol–water partition coefficient (Wildman–Crippen LogP) is 3.78. The first kappa shape index (κ1) is 16.0. The van der Waals surface area contributed by atoms with E-state index in [2.05, 4.69) is 24.3 Å². The highest BCUT2D eigenvalue weighted by Gasteiger charge is 2.07. The Balaban J connectivity index is 2.02. The Kier molecular flexibility index (Phi) is 5.37. The highest BCUT2D eigenvalue weighted by atomic mass is 35.5. The molecule has 0 bridgehead atoms. The molecule has 0 saturated carbocycles. The lowest BCUT2D eigenvalue weighted by atomic mass is 10.2. The molecule has 2 rings (SSSR count). The highest BCUT2D eigenvalue weighted by molar-refractivity contribution is 6.30. The minimum Gasteiger partial charge on any atom is -0.312 e. The third kappa shape index (κ3) is 4.55. The molecule has 0 spiro atoms. The van der Waals surface area contributed by atoms with E-state index in [1.54, 1.807) is 12.1 Å². The smallest absolute Gasteiger partial charge is 0.141 e. The number of nitrogens with one attached hydrogen (secondary N) is 1. The molecule has 0 atom stereocenters. The molecule has 0 amide bonds. The van der Waals surface area contributed by atoms with E-state index in [9.17, 15) is 4.39 Å². The zero-order chi connectivity index (χ0) is 15.4. The Labute approximate surface area is 130 Å². The molecule has 1 aromatic carbocycles. The van der Waals surface area contributed by atoms with Gasteiger partial charge in [-0.15, -0.1) is 0 Å². The molecule has 0 aliphatic rings. The summed E-state index contributed by atoms with van der Waals surface area (Å²) in [7, 11) is 0. The van der Waals surface area contributed by atoms with E-state index in [1.807, 2.05) is 17.8 Å². The third-order valence-corrected chi connectivity index (χ3v) is 3.53. The minimum atomic E-state index is -0.393. The van der Waals surface area contributed by atoms with Crippen LogP contribution in [0.15, 0.2) is 24.4 Å². The summed E-state index contributed by atoms with van der Waals surface area (Å²) in [5, 5.41) is 8.06. The van der Waals surface area contributed by atoms with Crippen LogP contribution < -0.4 is 5.32 Å². The van der Waals surface area contributed by atoms with Crippen LogP contribution in [0.4, 0.5) is 4.39 Å². The van der Waals surface area contributed by atoms with Crippen molar-refractivity contribution >= 4 is 11.6 Å². The van der Waals surface area contributed by atoms with E-state index in [4.69, 9.17) is 11.6 Å². The lowest BCUT2D eigenvalue weighted by Gasteiger charge is -2.06. The van der Waals surface area contributed by atoms with Crippen molar-refractivity contribution in [1.82, 2.24) is 15.1 Å². The second-order valence-electron chi connectivity index (χ2n) is 5.71. The van der Waals surface area contributed by atoms with Crippen molar-refractivity contribution in [2.24, 2.45) is 5.92 Å². The molecule has 1 aromatic heterocycles. The van der Waals surface area contributed by atoms with Crippen molar-refractivity contribution in [2.75, 3.05) is 6.54 Å². The van der Waals surface area contributed by atoms with Crippen molar-refractivity contribution in [2.45, 2.75) is 33.9 Å². The molecule has 0 aliphatic carbocycles. The summed E-state index contributed by atoms with van der Waals surface area (Å²) in [5.41, 5.74) is 3.13. The van der Waals surface area contributed by atoms with Gasteiger partial charge in [-0.3, -0.25) is 4.68 Å². The number of aromatic nitrogens is 2. The van der Waals surface area contributed by atoms with Gasteiger partial charge in [0.05, 0.1) is 17.3 Å². The topological polar surface area (TPSA) is 29.9 Å². The number of benzene rings is 1. The summed E-state index contributed by atoms with van der Waals surface area (Å²) in [6, 6.07) is 4.76. The maximum absolute atomic E-state index is 13.1. The van der Waals surface area contributed by atoms with Gasteiger partial charge >= 0.3 is 0 Å². The van der Waals surface area contributed by atoms with Gasteiger partial charge in [0, 0.05) is 18.3 Å². The van der Waals surface area contributed by atoms with Gasteiger partial charge < -0.3 is 5.32 Å². The van der Waals surface area contributed by atoms with E-state index in [0.717, 1.165) is 24.3 Å². The first-order valence-corrected chi connectivity index (χ1v) is 7.51. The van der Waals surface area contributed by atoms with Gasteiger partial charge in [0.2, 0.25) is 0 Å². The van der Waals surface area contributed by atoms with Crippen LogP contribution in [0.5, 0.6) is 0 Å². The summed E-state index contributed by atoms with van der Waals surface area (Å²) in [6.07, 6.45) is 2.03. The van der Waals surface area contributed by atoms with Gasteiger partial charge in [0.15, 0.2) is 0 Å². The molecule has 0 unspecified atom stereocenters. The lowest BCUT2D eigenvalue weighted by molar-refractivity contribution is 0.551. The number of aryl methyl sites for hydroxylation is 1. The molecule has 0 fully saturated rings. The summed E-state index contributed by atoms with van der Waals surface area (Å²) in [6.45, 7) is 8.75. The first-order valence-electron chi connectivity index (χ1n) is 7.13. The molecule has 1 heterocycles. The van der Waals surface area contributed by atoms with E-state index in [0.29, 0.717) is 12.5 Å². The Morgan fingerprint density at radius 1 is 1.38 bits per heavy atom. The Morgan fingerprint density at radius 2 is 2.14 bits per heavy atom. The monoisotopic (exact) mass is 309 g/mol. The van der Waals surface area contributed by atoms with E-state index in [-0.39, 0.29) is 5.02 Å². The fraction of sp³-hybridized carbons (Fsp3) is 0.438. The van der Waals surface area contributed by atoms with Crippen molar-refractivity contribution in [3.05, 3.63) is 52.1 Å². The standard InChI is InChI=1S/C16H21ClFN3/c1-11(2)7-19-8-14-10-21(20-12(14)3)9-13-4-5-16(18)15(17)6-13/h4-6,10-11,19H,7-9H2,1-3H3. The summed E-state index contributed by atoms with van der Waals surface area (Å²) in [4.78, 5) is 0. The van der Waals surface area contributed by atoms with Gasteiger partial charge in [-0.05, 0) is 37.1 Å². The van der Waals surface area contributed by atoms with Crippen LogP contribution >= 0.6 is 11.6 Å². The van der Waals surface area contributed by atoms with Gasteiger partial charge in [-0.2, -0.15) is 5.10 Å². The summed E-state index contributed by atoms with van der Waals surface area (Å²) in [5.74, 6) is 0.234. The van der Waals surface area contributed by atoms with Crippen LogP contribution in [0.25, 0.3) is 0 Å². The van der Waals surface area contributed by atoms with Gasteiger partial charge in [0.1, 0.15) is 5.82 Å². The van der Waals surface area contributed by atoms with Crippen LogP contribution in [-0.2, 0) is 13.1 Å². The largest absolute Gasteiger partial charge is 0.312 e. The molecule has 21 heavy (non-hydrogen) atoms. The Bertz CT molecular complexity index is 608. The Morgan fingerprint density at radius 3 is 2.81 bits per heavy atom. The maximum Gasteiger partial charge on any atom is 0.141 e. The number of halogens is 2. The molecule has 0 aliphatic heterocycles. The van der Waals surface area contributed by atoms with Crippen LogP contribution in [0.2, 0.25) is 5.02 Å². The van der Waals surface area contributed by atoms with E-state index in [1.165, 1.54) is 11.6 Å². The van der Waals surface area contributed by atoms with Crippen molar-refractivity contribution < 1.29 is 4.39 Å². The predicted molar refractivity (Wildman–Crippen MR) is 84.0 cm³/mol. The van der Waals surface area contributed by atoms with Crippen molar-refractivity contribution in [1.29, 1.82) is 0 Å². The molecule has 0 radical (unpaired) electrons. The molecule has 5 heteroatoms. The minimum absolute atomic E-state index is 0.148. The summed E-state index contributed by atoms with van der Waals surface area (Å²) >= 11 is 5.80. The number of nitrogens with zero attached hydrogens (tertiary/aromatic N) is 2. The van der Waals surface area contributed by atoms with Crippen molar-refractivity contribution in [3.63, 3.8) is 0 Å². The Hall–Kier alpha value is -1.39. The SMILES string of the molecule is Cc1nn(Cc2ccc(F)c(Cl)c2)cc1CNCC(C)C. The van der Waals surface area contributed by atoms with Gasteiger partial charge in [-0.25, -0.2) is 4.39 Å². The molecule has 1 N–H and O–H groups in total. The van der Waals surface area contributed by atoms with E-state index < -0.39 is 5.82 Å². The molecule has 0 saturated heterocycles. The molecule has 3 nitrogen and oxygen atoms in total. The average molecular weight is 310 g/mol. The number of hydrogen-bond acceptors (Lipinski definition) is 2. The molecular formula is C16H21ClFN3. The van der Waals surface area contributed by atoms with Crippen molar-refractivity contribution in [3.8, 4) is 0 Å². The van der Waals surface area contributed by atoms with Gasteiger partial charge in [-0.1, -0.05) is 31.5 Å². The van der Waals surface area contributed by atoms with Crippen LogP contribution in [0.3, 0.4) is 0 Å².